The number of amides is 1. The second kappa shape index (κ2) is 8.54. The standard InChI is InChI=1S/C20H19ClN2O3/c1-2-25-18-9-3-14(4-10-18)11-20(24)22-13-17-12-19(26-23-17)15-5-7-16(21)8-6-15/h3-10,12H,2,11,13H2,1H3,(H,22,24). The Morgan fingerprint density at radius 3 is 2.58 bits per heavy atom. The van der Waals surface area contributed by atoms with E-state index >= 15 is 0 Å². The van der Waals surface area contributed by atoms with Gasteiger partial charge in [0.25, 0.3) is 0 Å². The third kappa shape index (κ3) is 4.86. The molecule has 0 atom stereocenters. The highest BCUT2D eigenvalue weighted by Gasteiger charge is 2.09. The molecule has 0 spiro atoms. The van der Waals surface area contributed by atoms with Crippen molar-refractivity contribution < 1.29 is 14.1 Å². The average molecular weight is 371 g/mol. The summed E-state index contributed by atoms with van der Waals surface area (Å²) in [4.78, 5) is 12.1. The zero-order chi connectivity index (χ0) is 18.4. The number of ether oxygens (including phenoxy) is 1. The van der Waals surface area contributed by atoms with Gasteiger partial charge in [-0.1, -0.05) is 28.9 Å². The van der Waals surface area contributed by atoms with Gasteiger partial charge in [0.05, 0.1) is 19.6 Å². The highest BCUT2D eigenvalue weighted by atomic mass is 35.5. The van der Waals surface area contributed by atoms with Gasteiger partial charge >= 0.3 is 0 Å². The van der Waals surface area contributed by atoms with Crippen LogP contribution >= 0.6 is 11.6 Å². The topological polar surface area (TPSA) is 64.4 Å². The van der Waals surface area contributed by atoms with Crippen molar-refractivity contribution in [2.75, 3.05) is 6.61 Å². The molecule has 0 bridgehead atoms. The quantitative estimate of drug-likeness (QED) is 0.675. The van der Waals surface area contributed by atoms with Crippen molar-refractivity contribution in [2.24, 2.45) is 0 Å². The molecule has 0 unspecified atom stereocenters. The molecule has 5 nitrogen and oxygen atoms in total. The lowest BCUT2D eigenvalue weighted by molar-refractivity contribution is -0.120. The first-order valence-corrected chi connectivity index (χ1v) is 8.72. The maximum atomic E-state index is 12.1. The van der Waals surface area contributed by atoms with Gasteiger partial charge in [0.1, 0.15) is 11.4 Å². The van der Waals surface area contributed by atoms with Crippen molar-refractivity contribution in [1.29, 1.82) is 0 Å². The summed E-state index contributed by atoms with van der Waals surface area (Å²) in [6, 6.07) is 16.6. The third-order valence-corrected chi connectivity index (χ3v) is 4.01. The van der Waals surface area contributed by atoms with Crippen LogP contribution in [0.5, 0.6) is 5.75 Å². The minimum atomic E-state index is -0.0785. The summed E-state index contributed by atoms with van der Waals surface area (Å²) in [6.07, 6.45) is 0.300. The first-order chi connectivity index (χ1) is 12.6. The summed E-state index contributed by atoms with van der Waals surface area (Å²) in [5, 5.41) is 7.50. The van der Waals surface area contributed by atoms with Crippen LogP contribution in [0, 0.1) is 0 Å². The summed E-state index contributed by atoms with van der Waals surface area (Å²) in [5.41, 5.74) is 2.47. The average Bonchev–Trinajstić information content (AvgIpc) is 3.11. The molecule has 6 heteroatoms. The number of carbonyl (C=O) groups excluding carboxylic acids is 1. The van der Waals surface area contributed by atoms with Gasteiger partial charge in [-0.05, 0) is 48.9 Å². The second-order valence-electron chi connectivity index (χ2n) is 5.72. The lowest BCUT2D eigenvalue weighted by Gasteiger charge is -2.05. The van der Waals surface area contributed by atoms with Crippen molar-refractivity contribution in [3.63, 3.8) is 0 Å². The summed E-state index contributed by atoms with van der Waals surface area (Å²) in [6.45, 7) is 2.87. The summed E-state index contributed by atoms with van der Waals surface area (Å²) in [5.74, 6) is 1.36. The van der Waals surface area contributed by atoms with E-state index in [2.05, 4.69) is 10.5 Å². The SMILES string of the molecule is CCOc1ccc(CC(=O)NCc2cc(-c3ccc(Cl)cc3)on2)cc1. The Bertz CT molecular complexity index is 858. The van der Waals surface area contributed by atoms with Crippen LogP contribution in [0.4, 0.5) is 0 Å². The molecule has 26 heavy (non-hydrogen) atoms. The number of aromatic nitrogens is 1. The number of hydrogen-bond acceptors (Lipinski definition) is 4. The highest BCUT2D eigenvalue weighted by Crippen LogP contribution is 2.22. The van der Waals surface area contributed by atoms with E-state index in [9.17, 15) is 4.79 Å². The Kier molecular flexibility index (Phi) is 5.92. The van der Waals surface area contributed by atoms with Gasteiger partial charge in [-0.15, -0.1) is 0 Å². The number of rotatable bonds is 7. The van der Waals surface area contributed by atoms with Crippen molar-refractivity contribution in [1.82, 2.24) is 10.5 Å². The minimum Gasteiger partial charge on any atom is -0.494 e. The van der Waals surface area contributed by atoms with E-state index in [0.29, 0.717) is 36.0 Å². The molecule has 0 saturated heterocycles. The van der Waals surface area contributed by atoms with E-state index < -0.39 is 0 Å². The smallest absolute Gasteiger partial charge is 0.224 e. The number of halogens is 1. The van der Waals surface area contributed by atoms with E-state index in [0.717, 1.165) is 16.9 Å². The molecule has 1 aromatic heterocycles. The Labute approximate surface area is 156 Å². The molecule has 3 rings (SSSR count). The maximum Gasteiger partial charge on any atom is 0.224 e. The number of carbonyl (C=O) groups is 1. The summed E-state index contributed by atoms with van der Waals surface area (Å²) >= 11 is 5.88. The van der Waals surface area contributed by atoms with Crippen molar-refractivity contribution >= 4 is 17.5 Å². The second-order valence-corrected chi connectivity index (χ2v) is 6.16. The van der Waals surface area contributed by atoms with Crippen LogP contribution in [0.2, 0.25) is 5.02 Å². The van der Waals surface area contributed by atoms with Crippen LogP contribution in [0.25, 0.3) is 11.3 Å². The fraction of sp³-hybridized carbons (Fsp3) is 0.200. The molecule has 2 aromatic carbocycles. The molecule has 0 aliphatic rings. The predicted molar refractivity (Wildman–Crippen MR) is 100 cm³/mol. The van der Waals surface area contributed by atoms with Crippen LogP contribution in [0.3, 0.4) is 0 Å². The lowest BCUT2D eigenvalue weighted by atomic mass is 10.1. The first-order valence-electron chi connectivity index (χ1n) is 8.34. The fourth-order valence-electron chi connectivity index (χ4n) is 2.45. The third-order valence-electron chi connectivity index (χ3n) is 3.75. The van der Waals surface area contributed by atoms with Crippen molar-refractivity contribution in [3.05, 3.63) is 70.9 Å². The molecular formula is C20H19ClN2O3. The monoisotopic (exact) mass is 370 g/mol. The van der Waals surface area contributed by atoms with Crippen molar-refractivity contribution in [3.8, 4) is 17.1 Å². The molecule has 0 aliphatic carbocycles. The van der Waals surface area contributed by atoms with E-state index in [1.165, 1.54) is 0 Å². The van der Waals surface area contributed by atoms with Crippen LogP contribution in [-0.4, -0.2) is 17.7 Å². The zero-order valence-corrected chi connectivity index (χ0v) is 15.1. The van der Waals surface area contributed by atoms with Gasteiger partial charge in [-0.25, -0.2) is 0 Å². The Balaban J connectivity index is 1.52. The van der Waals surface area contributed by atoms with Gasteiger partial charge in [0, 0.05) is 16.7 Å². The summed E-state index contributed by atoms with van der Waals surface area (Å²) in [7, 11) is 0. The maximum absolute atomic E-state index is 12.1. The number of nitrogens with one attached hydrogen (secondary N) is 1. The lowest BCUT2D eigenvalue weighted by Crippen LogP contribution is -2.24. The highest BCUT2D eigenvalue weighted by molar-refractivity contribution is 6.30. The van der Waals surface area contributed by atoms with Crippen LogP contribution < -0.4 is 10.1 Å². The van der Waals surface area contributed by atoms with Gasteiger partial charge in [0.2, 0.25) is 5.91 Å². The van der Waals surface area contributed by atoms with Crippen LogP contribution in [0.1, 0.15) is 18.2 Å². The number of hydrogen-bond donors (Lipinski definition) is 1. The summed E-state index contributed by atoms with van der Waals surface area (Å²) < 4.78 is 10.7. The Hall–Kier alpha value is -2.79. The Morgan fingerprint density at radius 1 is 1.15 bits per heavy atom. The van der Waals surface area contributed by atoms with E-state index in [1.54, 1.807) is 18.2 Å². The van der Waals surface area contributed by atoms with Gasteiger partial charge in [-0.3, -0.25) is 4.79 Å². The van der Waals surface area contributed by atoms with E-state index in [-0.39, 0.29) is 5.91 Å². The largest absolute Gasteiger partial charge is 0.494 e. The van der Waals surface area contributed by atoms with E-state index in [4.69, 9.17) is 20.9 Å². The molecule has 3 aromatic rings. The molecule has 1 amide bonds. The molecule has 1 N–H and O–H groups in total. The number of benzene rings is 2. The van der Waals surface area contributed by atoms with Gasteiger partial charge < -0.3 is 14.6 Å². The first kappa shape index (κ1) is 18.0. The molecular weight excluding hydrogens is 352 g/mol. The van der Waals surface area contributed by atoms with Gasteiger partial charge in [-0.2, -0.15) is 0 Å². The number of nitrogens with zero attached hydrogens (tertiary/aromatic N) is 1. The fourth-order valence-corrected chi connectivity index (χ4v) is 2.58. The van der Waals surface area contributed by atoms with Crippen molar-refractivity contribution in [2.45, 2.75) is 19.9 Å². The Morgan fingerprint density at radius 2 is 1.88 bits per heavy atom. The normalized spacial score (nSPS) is 10.5. The zero-order valence-electron chi connectivity index (χ0n) is 14.4. The molecule has 0 aliphatic heterocycles. The molecule has 1 heterocycles. The van der Waals surface area contributed by atoms with Crippen LogP contribution in [-0.2, 0) is 17.8 Å². The van der Waals surface area contributed by atoms with E-state index in [1.807, 2.05) is 43.3 Å². The molecule has 0 fully saturated rings. The predicted octanol–water partition coefficient (Wildman–Crippen LogP) is 4.25. The minimum absolute atomic E-state index is 0.0785. The van der Waals surface area contributed by atoms with Gasteiger partial charge in [0.15, 0.2) is 5.76 Å². The molecule has 0 saturated carbocycles. The molecule has 134 valence electrons. The molecule has 0 radical (unpaired) electrons. The van der Waals surface area contributed by atoms with Crippen LogP contribution in [0.15, 0.2) is 59.1 Å².